The topological polar surface area (TPSA) is 66.5 Å². The fourth-order valence-corrected chi connectivity index (χ4v) is 3.00. The van der Waals surface area contributed by atoms with E-state index in [1.807, 2.05) is 23.6 Å². The Hall–Kier alpha value is -2.80. The Balaban J connectivity index is 1.55. The second kappa shape index (κ2) is 5.77. The lowest BCUT2D eigenvalue weighted by molar-refractivity contribution is 0.629. The minimum atomic E-state index is -0.294. The molecule has 4 aromatic rings. The van der Waals surface area contributed by atoms with E-state index in [1.165, 1.54) is 12.1 Å². The summed E-state index contributed by atoms with van der Waals surface area (Å²) in [5.41, 5.74) is 1.50. The van der Waals surface area contributed by atoms with Gasteiger partial charge in [-0.05, 0) is 29.6 Å². The van der Waals surface area contributed by atoms with Gasteiger partial charge in [0.05, 0.1) is 16.9 Å². The number of hydrogen-bond acceptors (Lipinski definition) is 5. The van der Waals surface area contributed by atoms with Crippen molar-refractivity contribution >= 4 is 27.9 Å². The lowest BCUT2D eigenvalue weighted by atomic mass is 10.2. The Morgan fingerprint density at radius 2 is 2.17 bits per heavy atom. The lowest BCUT2D eigenvalue weighted by Crippen LogP contribution is -2.02. The van der Waals surface area contributed by atoms with Crippen LogP contribution in [0.1, 0.15) is 5.82 Å². The van der Waals surface area contributed by atoms with Gasteiger partial charge in [0.1, 0.15) is 11.6 Å². The minimum absolute atomic E-state index is 0.294. The third kappa shape index (κ3) is 2.78. The molecule has 0 bridgehead atoms. The second-order valence-corrected chi connectivity index (χ2v) is 5.90. The number of nitrogens with one attached hydrogen (secondary N) is 2. The Morgan fingerprint density at radius 1 is 1.22 bits per heavy atom. The van der Waals surface area contributed by atoms with Crippen LogP contribution < -0.4 is 5.32 Å². The number of nitrogens with zero attached hydrogens (tertiary/aromatic N) is 3. The van der Waals surface area contributed by atoms with Crippen molar-refractivity contribution in [2.24, 2.45) is 0 Å². The molecule has 0 atom stereocenters. The maximum Gasteiger partial charge on any atom is 0.191 e. The fraction of sp³-hybridized carbons (Fsp3) is 0.0625. The number of aromatic amines is 1. The van der Waals surface area contributed by atoms with Gasteiger partial charge in [0.2, 0.25) is 0 Å². The summed E-state index contributed by atoms with van der Waals surface area (Å²) in [6.45, 7) is 0.495. The first-order chi connectivity index (χ1) is 11.3. The fourth-order valence-electron chi connectivity index (χ4n) is 2.34. The summed E-state index contributed by atoms with van der Waals surface area (Å²) in [7, 11) is 0. The van der Waals surface area contributed by atoms with Crippen LogP contribution in [0, 0.1) is 5.82 Å². The molecule has 3 heterocycles. The van der Waals surface area contributed by atoms with Crippen LogP contribution in [0.3, 0.4) is 0 Å². The average Bonchev–Trinajstić information content (AvgIpc) is 3.23. The van der Waals surface area contributed by atoms with Crippen LogP contribution in [0.15, 0.2) is 48.0 Å². The van der Waals surface area contributed by atoms with Crippen molar-refractivity contribution in [1.29, 1.82) is 0 Å². The van der Waals surface area contributed by atoms with Crippen molar-refractivity contribution in [2.75, 3.05) is 5.32 Å². The number of H-pyrrole nitrogens is 1. The van der Waals surface area contributed by atoms with Gasteiger partial charge < -0.3 is 5.32 Å². The van der Waals surface area contributed by atoms with E-state index >= 15 is 0 Å². The Labute approximate surface area is 135 Å². The van der Waals surface area contributed by atoms with Crippen molar-refractivity contribution in [3.05, 3.63) is 59.6 Å². The maximum absolute atomic E-state index is 13.3. The van der Waals surface area contributed by atoms with E-state index in [4.69, 9.17) is 0 Å². The number of aromatic nitrogens is 4. The van der Waals surface area contributed by atoms with E-state index in [0.29, 0.717) is 17.9 Å². The normalized spacial score (nSPS) is 11.0. The van der Waals surface area contributed by atoms with Crippen LogP contribution >= 0.6 is 11.3 Å². The predicted octanol–water partition coefficient (Wildman–Crippen LogP) is 3.83. The molecule has 0 aliphatic carbocycles. The molecule has 0 unspecified atom stereocenters. The van der Waals surface area contributed by atoms with Gasteiger partial charge in [-0.25, -0.2) is 9.37 Å². The zero-order chi connectivity index (χ0) is 15.6. The molecule has 4 rings (SSSR count). The standard InChI is InChI=1S/C16H12FN5S/c17-10-3-4-11-12(5-6-18-13(11)8-10)19-9-15-20-16(22-21-15)14-2-1-7-23-14/h1-8H,9H2,(H,18,19)(H,20,21,22). The Morgan fingerprint density at radius 3 is 3.04 bits per heavy atom. The SMILES string of the molecule is Fc1ccc2c(NCc3nc(-c4cccs4)n[nH]3)ccnc2c1. The van der Waals surface area contributed by atoms with E-state index < -0.39 is 0 Å². The highest BCUT2D eigenvalue weighted by molar-refractivity contribution is 7.13. The molecular weight excluding hydrogens is 313 g/mol. The van der Waals surface area contributed by atoms with Gasteiger partial charge in [-0.1, -0.05) is 6.07 Å². The Kier molecular flexibility index (Phi) is 3.47. The van der Waals surface area contributed by atoms with E-state index in [2.05, 4.69) is 25.5 Å². The largest absolute Gasteiger partial charge is 0.377 e. The molecule has 0 aliphatic heterocycles. The molecular formula is C16H12FN5S. The smallest absolute Gasteiger partial charge is 0.191 e. The summed E-state index contributed by atoms with van der Waals surface area (Å²) in [6.07, 6.45) is 1.65. The molecule has 0 spiro atoms. The summed E-state index contributed by atoms with van der Waals surface area (Å²) < 4.78 is 13.3. The molecule has 0 saturated heterocycles. The molecule has 3 aromatic heterocycles. The van der Waals surface area contributed by atoms with E-state index in [-0.39, 0.29) is 5.82 Å². The second-order valence-electron chi connectivity index (χ2n) is 4.96. The van der Waals surface area contributed by atoms with Gasteiger partial charge in [0.25, 0.3) is 0 Å². The van der Waals surface area contributed by atoms with Crippen LogP contribution in [0.5, 0.6) is 0 Å². The van der Waals surface area contributed by atoms with Crippen LogP contribution in [0.4, 0.5) is 10.1 Å². The van der Waals surface area contributed by atoms with Gasteiger partial charge in [-0.3, -0.25) is 10.1 Å². The van der Waals surface area contributed by atoms with Crippen molar-refractivity contribution in [3.8, 4) is 10.7 Å². The number of pyridine rings is 1. The maximum atomic E-state index is 13.3. The molecule has 0 fully saturated rings. The van der Waals surface area contributed by atoms with E-state index in [0.717, 1.165) is 21.8 Å². The average molecular weight is 325 g/mol. The number of thiophene rings is 1. The summed E-state index contributed by atoms with van der Waals surface area (Å²) >= 11 is 1.60. The number of anilines is 1. The first-order valence-electron chi connectivity index (χ1n) is 7.03. The molecule has 5 nitrogen and oxygen atoms in total. The highest BCUT2D eigenvalue weighted by atomic mass is 32.1. The van der Waals surface area contributed by atoms with Crippen LogP contribution in [-0.2, 0) is 6.54 Å². The van der Waals surface area contributed by atoms with Crippen molar-refractivity contribution in [3.63, 3.8) is 0 Å². The van der Waals surface area contributed by atoms with Gasteiger partial charge in [0.15, 0.2) is 5.82 Å². The van der Waals surface area contributed by atoms with Crippen LogP contribution in [0.2, 0.25) is 0 Å². The quantitative estimate of drug-likeness (QED) is 0.598. The first-order valence-corrected chi connectivity index (χ1v) is 7.91. The number of rotatable bonds is 4. The molecule has 2 N–H and O–H groups in total. The zero-order valence-corrected chi connectivity index (χ0v) is 12.8. The highest BCUT2D eigenvalue weighted by Crippen LogP contribution is 2.23. The van der Waals surface area contributed by atoms with Crippen LogP contribution in [-0.4, -0.2) is 20.2 Å². The number of hydrogen-bond donors (Lipinski definition) is 2. The monoisotopic (exact) mass is 325 g/mol. The van der Waals surface area contributed by atoms with Crippen molar-refractivity contribution in [2.45, 2.75) is 6.54 Å². The lowest BCUT2D eigenvalue weighted by Gasteiger charge is -2.07. The van der Waals surface area contributed by atoms with Gasteiger partial charge in [-0.2, -0.15) is 5.10 Å². The van der Waals surface area contributed by atoms with Crippen LogP contribution in [0.25, 0.3) is 21.6 Å². The number of fused-ring (bicyclic) bond motifs is 1. The zero-order valence-electron chi connectivity index (χ0n) is 12.0. The molecule has 1 aromatic carbocycles. The van der Waals surface area contributed by atoms with Gasteiger partial charge in [-0.15, -0.1) is 11.3 Å². The number of halogens is 1. The van der Waals surface area contributed by atoms with Gasteiger partial charge >= 0.3 is 0 Å². The molecule has 0 radical (unpaired) electrons. The predicted molar refractivity (Wildman–Crippen MR) is 88.7 cm³/mol. The first kappa shape index (κ1) is 13.8. The van der Waals surface area contributed by atoms with E-state index in [9.17, 15) is 4.39 Å². The molecule has 0 amide bonds. The third-order valence-corrected chi connectivity index (χ3v) is 4.29. The van der Waals surface area contributed by atoms with E-state index in [1.54, 1.807) is 23.6 Å². The molecule has 114 valence electrons. The van der Waals surface area contributed by atoms with Gasteiger partial charge in [0, 0.05) is 23.3 Å². The summed E-state index contributed by atoms with van der Waals surface area (Å²) in [6, 6.07) is 10.4. The molecule has 0 aliphatic rings. The number of benzene rings is 1. The molecule has 23 heavy (non-hydrogen) atoms. The summed E-state index contributed by atoms with van der Waals surface area (Å²) in [4.78, 5) is 9.67. The highest BCUT2D eigenvalue weighted by Gasteiger charge is 2.08. The van der Waals surface area contributed by atoms with Crippen molar-refractivity contribution in [1.82, 2.24) is 20.2 Å². The minimum Gasteiger partial charge on any atom is -0.377 e. The third-order valence-electron chi connectivity index (χ3n) is 3.42. The van der Waals surface area contributed by atoms with Crippen molar-refractivity contribution < 1.29 is 4.39 Å². The molecule has 0 saturated carbocycles. The summed E-state index contributed by atoms with van der Waals surface area (Å²) in [5.74, 6) is 1.14. The molecule has 7 heteroatoms. The summed E-state index contributed by atoms with van der Waals surface area (Å²) in [5, 5.41) is 13.3. The Bertz CT molecular complexity index is 948.